The molecule has 4 heterocycles. The van der Waals surface area contributed by atoms with Gasteiger partial charge in [-0.15, -0.1) is 0 Å². The maximum atomic E-state index is 6.26. The molecule has 0 spiro atoms. The molecule has 0 saturated carbocycles. The van der Waals surface area contributed by atoms with Gasteiger partial charge >= 0.3 is 0 Å². The van der Waals surface area contributed by atoms with Crippen LogP contribution in [0.2, 0.25) is 0 Å². The number of benzene rings is 7. The lowest BCUT2D eigenvalue weighted by Crippen LogP contribution is -1.96. The summed E-state index contributed by atoms with van der Waals surface area (Å²) < 4.78 is 8.39. The first kappa shape index (κ1) is 31.9. The Labute approximate surface area is 322 Å². The van der Waals surface area contributed by atoms with E-state index in [1.807, 2.05) is 48.5 Å². The minimum absolute atomic E-state index is 0.648. The zero-order valence-corrected chi connectivity index (χ0v) is 30.2. The van der Waals surface area contributed by atoms with Crippen molar-refractivity contribution in [2.24, 2.45) is 0 Å². The van der Waals surface area contributed by atoms with E-state index >= 15 is 0 Å². The van der Waals surface area contributed by atoms with Crippen LogP contribution in [0.3, 0.4) is 0 Å². The largest absolute Gasteiger partial charge is 0.456 e. The molecular weight excluding hydrogens is 685 g/mol. The number of hydrogen-bond acceptors (Lipinski definition) is 4. The van der Waals surface area contributed by atoms with E-state index in [0.717, 1.165) is 94.6 Å². The van der Waals surface area contributed by atoms with Crippen molar-refractivity contribution in [2.45, 2.75) is 0 Å². The lowest BCUT2D eigenvalue weighted by molar-refractivity contribution is 0.669. The van der Waals surface area contributed by atoms with Crippen molar-refractivity contribution in [3.63, 3.8) is 0 Å². The number of aromatic nitrogens is 4. The summed E-state index contributed by atoms with van der Waals surface area (Å²) in [6.07, 6.45) is 0. The lowest BCUT2D eigenvalue weighted by Gasteiger charge is -2.11. The van der Waals surface area contributed by atoms with Crippen molar-refractivity contribution in [1.82, 2.24) is 19.6 Å². The highest BCUT2D eigenvalue weighted by molar-refractivity contribution is 6.12. The molecule has 7 aromatic carbocycles. The van der Waals surface area contributed by atoms with E-state index in [1.165, 1.54) is 5.39 Å². The van der Waals surface area contributed by atoms with E-state index in [9.17, 15) is 0 Å². The summed E-state index contributed by atoms with van der Waals surface area (Å²) in [5.74, 6) is 0.648. The number of furan rings is 1. The van der Waals surface area contributed by atoms with Crippen molar-refractivity contribution in [2.75, 3.05) is 0 Å². The fourth-order valence-electron chi connectivity index (χ4n) is 8.02. The second-order valence-corrected chi connectivity index (χ2v) is 14.0. The summed E-state index contributed by atoms with van der Waals surface area (Å²) >= 11 is 0. The number of nitrogens with zero attached hydrogens (tertiary/aromatic N) is 4. The Kier molecular flexibility index (Phi) is 7.42. The number of rotatable bonds is 6. The number of hydrogen-bond donors (Lipinski definition) is 0. The first-order valence-corrected chi connectivity index (χ1v) is 18.8. The molecule has 0 fully saturated rings. The van der Waals surface area contributed by atoms with Gasteiger partial charge in [0.2, 0.25) is 0 Å². The highest BCUT2D eigenvalue weighted by Crippen LogP contribution is 2.42. The van der Waals surface area contributed by atoms with Crippen LogP contribution in [-0.2, 0) is 0 Å². The molecule has 0 radical (unpaired) electrons. The topological polar surface area (TPSA) is 56.2 Å². The quantitative estimate of drug-likeness (QED) is 0.172. The summed E-state index contributed by atoms with van der Waals surface area (Å²) in [6.45, 7) is 0. The van der Waals surface area contributed by atoms with Crippen molar-refractivity contribution in [1.29, 1.82) is 0 Å². The van der Waals surface area contributed by atoms with Crippen LogP contribution >= 0.6 is 0 Å². The Morgan fingerprint density at radius 3 is 1.73 bits per heavy atom. The van der Waals surface area contributed by atoms with Crippen LogP contribution in [0.4, 0.5) is 0 Å². The van der Waals surface area contributed by atoms with E-state index in [2.05, 4.69) is 150 Å². The molecular formula is C51H32N4O. The highest BCUT2D eigenvalue weighted by atomic mass is 16.3. The average molecular weight is 717 g/mol. The summed E-state index contributed by atoms with van der Waals surface area (Å²) in [4.78, 5) is 10.4. The first-order chi connectivity index (χ1) is 27.8. The summed E-state index contributed by atoms with van der Waals surface area (Å²) in [5.41, 5.74) is 13.7. The molecule has 11 aromatic rings. The second kappa shape index (κ2) is 13.0. The molecule has 262 valence electrons. The maximum Gasteiger partial charge on any atom is 0.161 e. The number of para-hydroxylation sites is 1. The smallest absolute Gasteiger partial charge is 0.161 e. The van der Waals surface area contributed by atoms with Crippen LogP contribution < -0.4 is 0 Å². The molecule has 0 aliphatic carbocycles. The van der Waals surface area contributed by atoms with Gasteiger partial charge in [-0.05, 0) is 35.2 Å². The third-order valence-electron chi connectivity index (χ3n) is 10.6. The Bertz CT molecular complexity index is 3220. The van der Waals surface area contributed by atoms with Crippen LogP contribution in [0, 0.1) is 0 Å². The Morgan fingerprint density at radius 2 is 1.00 bits per heavy atom. The SMILES string of the molecule is c1ccc(-c2cc(-c3ccc(-c4nn5c(-c6ccccc6)cc6ccccc6c5c4-c4ccccc4)cc3)nc(-c3cccc4oc5ccccc5c34)n2)cc1. The van der Waals surface area contributed by atoms with E-state index in [0.29, 0.717) is 5.82 Å². The Morgan fingerprint density at radius 1 is 0.429 bits per heavy atom. The van der Waals surface area contributed by atoms with Crippen LogP contribution in [0.1, 0.15) is 0 Å². The summed E-state index contributed by atoms with van der Waals surface area (Å²) in [5, 5.41) is 9.81. The summed E-state index contributed by atoms with van der Waals surface area (Å²) in [6, 6.07) is 67.2. The molecule has 5 heteroatoms. The average Bonchev–Trinajstić information content (AvgIpc) is 3.87. The van der Waals surface area contributed by atoms with Gasteiger partial charge in [0, 0.05) is 49.5 Å². The predicted molar refractivity (Wildman–Crippen MR) is 228 cm³/mol. The fraction of sp³-hybridized carbons (Fsp3) is 0. The molecule has 0 atom stereocenters. The van der Waals surface area contributed by atoms with Gasteiger partial charge in [-0.2, -0.15) is 5.10 Å². The minimum Gasteiger partial charge on any atom is -0.456 e. The van der Waals surface area contributed by atoms with Gasteiger partial charge < -0.3 is 4.42 Å². The van der Waals surface area contributed by atoms with Crippen molar-refractivity contribution in [3.8, 4) is 67.5 Å². The molecule has 0 aliphatic heterocycles. The third-order valence-corrected chi connectivity index (χ3v) is 10.6. The van der Waals surface area contributed by atoms with Crippen LogP contribution in [0.15, 0.2) is 199 Å². The minimum atomic E-state index is 0.648. The molecule has 11 rings (SSSR count). The monoisotopic (exact) mass is 716 g/mol. The fourth-order valence-corrected chi connectivity index (χ4v) is 8.02. The van der Waals surface area contributed by atoms with E-state index in [-0.39, 0.29) is 0 Å². The molecule has 5 nitrogen and oxygen atoms in total. The summed E-state index contributed by atoms with van der Waals surface area (Å²) in [7, 11) is 0. The molecule has 0 aliphatic rings. The van der Waals surface area contributed by atoms with Gasteiger partial charge in [0.15, 0.2) is 5.82 Å². The highest BCUT2D eigenvalue weighted by Gasteiger charge is 2.22. The van der Waals surface area contributed by atoms with Gasteiger partial charge in [0.1, 0.15) is 16.9 Å². The Balaban J connectivity index is 1.11. The molecule has 0 amide bonds. The number of fused-ring (bicyclic) bond motifs is 6. The van der Waals surface area contributed by atoms with Crippen molar-refractivity contribution < 1.29 is 4.42 Å². The first-order valence-electron chi connectivity index (χ1n) is 18.8. The van der Waals surface area contributed by atoms with Gasteiger partial charge in [-0.25, -0.2) is 14.5 Å². The van der Waals surface area contributed by atoms with E-state index < -0.39 is 0 Å². The zero-order valence-electron chi connectivity index (χ0n) is 30.2. The lowest BCUT2D eigenvalue weighted by atomic mass is 9.96. The zero-order chi connectivity index (χ0) is 37.0. The van der Waals surface area contributed by atoms with Crippen molar-refractivity contribution >= 4 is 38.2 Å². The van der Waals surface area contributed by atoms with Gasteiger partial charge in [-0.3, -0.25) is 0 Å². The van der Waals surface area contributed by atoms with Gasteiger partial charge in [0.05, 0.1) is 22.6 Å². The molecule has 0 saturated heterocycles. The molecule has 0 unspecified atom stereocenters. The third kappa shape index (κ3) is 5.29. The number of pyridine rings is 1. The standard InChI is InChI=1S/C51H32N4O/c1-4-15-33(16-5-1)42-32-43(53-51(52-42)41-24-14-26-46-48(41)40-23-12-13-25-45(40)56-46)34-27-29-37(30-28-34)49-47(36-19-8-3-9-20-36)50-39-22-11-10-21-38(39)31-44(55(50)54-49)35-17-6-2-7-18-35/h1-32H. The van der Waals surface area contributed by atoms with Gasteiger partial charge in [0.25, 0.3) is 0 Å². The van der Waals surface area contributed by atoms with Crippen LogP contribution in [0.25, 0.3) is 106 Å². The van der Waals surface area contributed by atoms with Crippen LogP contribution in [-0.4, -0.2) is 19.6 Å². The molecule has 56 heavy (non-hydrogen) atoms. The van der Waals surface area contributed by atoms with Crippen LogP contribution in [0.5, 0.6) is 0 Å². The Hall–Kier alpha value is -7.63. The molecule has 4 aromatic heterocycles. The second-order valence-electron chi connectivity index (χ2n) is 14.0. The van der Waals surface area contributed by atoms with Gasteiger partial charge in [-0.1, -0.05) is 170 Å². The molecule has 0 bridgehead atoms. The maximum absolute atomic E-state index is 6.26. The van der Waals surface area contributed by atoms with E-state index in [1.54, 1.807) is 0 Å². The van der Waals surface area contributed by atoms with Crippen molar-refractivity contribution in [3.05, 3.63) is 194 Å². The van der Waals surface area contributed by atoms with E-state index in [4.69, 9.17) is 19.5 Å². The predicted octanol–water partition coefficient (Wildman–Crippen LogP) is 13.2. The normalized spacial score (nSPS) is 11.6. The molecule has 0 N–H and O–H groups in total.